The number of hydrogen-bond acceptors (Lipinski definition) is 4. The van der Waals surface area contributed by atoms with Crippen LogP contribution in [-0.2, 0) is 12.6 Å². The number of nitrogens with zero attached hydrogens (tertiary/aromatic N) is 2. The first kappa shape index (κ1) is 21.0. The fourth-order valence-corrected chi connectivity index (χ4v) is 4.29. The summed E-state index contributed by atoms with van der Waals surface area (Å²) in [4.78, 5) is 24.9. The number of thiophene rings is 1. The van der Waals surface area contributed by atoms with E-state index in [1.807, 2.05) is 19.9 Å². The van der Waals surface area contributed by atoms with Crippen LogP contribution in [0.3, 0.4) is 0 Å². The molecule has 160 valence electrons. The molecule has 0 atom stereocenters. The summed E-state index contributed by atoms with van der Waals surface area (Å²) in [5.74, 6) is -1.61. The number of nitrogens with one attached hydrogen (secondary N) is 2. The lowest BCUT2D eigenvalue weighted by Crippen LogP contribution is -2.13. The number of imidazole rings is 1. The molecule has 0 aliphatic heterocycles. The number of carbonyl (C=O) groups excluding carboxylic acids is 1. The van der Waals surface area contributed by atoms with Gasteiger partial charge < -0.3 is 10.3 Å². The van der Waals surface area contributed by atoms with Gasteiger partial charge in [0.2, 0.25) is 0 Å². The minimum atomic E-state index is -4.78. The number of amides is 1. The van der Waals surface area contributed by atoms with E-state index in [2.05, 4.69) is 20.3 Å². The first-order valence-electron chi connectivity index (χ1n) is 9.29. The highest BCUT2D eigenvalue weighted by Gasteiger charge is 2.35. The summed E-state index contributed by atoms with van der Waals surface area (Å²) in [6, 6.07) is 4.33. The number of benzene rings is 1. The number of carbonyl (C=O) groups is 1. The van der Waals surface area contributed by atoms with Gasteiger partial charge in [0.25, 0.3) is 5.91 Å². The lowest BCUT2D eigenvalue weighted by atomic mass is 10.1. The molecule has 1 aromatic carbocycles. The molecule has 0 aliphatic carbocycles. The van der Waals surface area contributed by atoms with Crippen molar-refractivity contribution in [3.05, 3.63) is 64.0 Å². The van der Waals surface area contributed by atoms with Gasteiger partial charge in [-0.15, -0.1) is 11.3 Å². The maximum atomic E-state index is 13.4. The minimum Gasteiger partial charge on any atom is -0.337 e. The Morgan fingerprint density at radius 3 is 2.71 bits per heavy atom. The van der Waals surface area contributed by atoms with E-state index in [0.29, 0.717) is 11.1 Å². The Labute approximate surface area is 178 Å². The molecule has 0 bridgehead atoms. The number of anilines is 1. The maximum Gasteiger partial charge on any atom is 0.417 e. The second-order valence-corrected chi connectivity index (χ2v) is 8.13. The van der Waals surface area contributed by atoms with E-state index in [1.165, 1.54) is 23.7 Å². The van der Waals surface area contributed by atoms with Crippen LogP contribution in [0, 0.1) is 12.7 Å². The standard InChI is InChI=1S/C21H16F4N4OS/c1-3-11-6-10(2)31-20(11)29-19(30)14-8-26-9-16-17(14)28-18(27-16)13-5-4-12(22)7-15(13)21(23,24)25/h4-9H,3H2,1-2H3,(H,27,28)(H,29,30). The van der Waals surface area contributed by atoms with Crippen LogP contribution in [0.1, 0.15) is 33.3 Å². The highest BCUT2D eigenvalue weighted by molar-refractivity contribution is 7.16. The number of aryl methyl sites for hydroxylation is 2. The third-order valence-electron chi connectivity index (χ3n) is 4.72. The molecule has 0 saturated carbocycles. The van der Waals surface area contributed by atoms with Crippen molar-refractivity contribution >= 4 is 33.3 Å². The van der Waals surface area contributed by atoms with Crippen molar-refractivity contribution in [2.24, 2.45) is 0 Å². The summed E-state index contributed by atoms with van der Waals surface area (Å²) in [5, 5.41) is 3.54. The van der Waals surface area contributed by atoms with Gasteiger partial charge in [0.15, 0.2) is 0 Å². The molecule has 10 heteroatoms. The number of aromatic amines is 1. The van der Waals surface area contributed by atoms with E-state index in [9.17, 15) is 22.4 Å². The van der Waals surface area contributed by atoms with Gasteiger partial charge in [-0.3, -0.25) is 9.78 Å². The first-order chi connectivity index (χ1) is 14.7. The number of aromatic nitrogens is 3. The van der Waals surface area contributed by atoms with Crippen molar-refractivity contribution < 1.29 is 22.4 Å². The SMILES string of the molecule is CCc1cc(C)sc1NC(=O)c1cncc2[nH]c(-c3ccc(F)cc3C(F)(F)F)nc12. The van der Waals surface area contributed by atoms with Gasteiger partial charge >= 0.3 is 6.18 Å². The van der Waals surface area contributed by atoms with E-state index >= 15 is 0 Å². The van der Waals surface area contributed by atoms with Crippen molar-refractivity contribution in [3.8, 4) is 11.4 Å². The lowest BCUT2D eigenvalue weighted by Gasteiger charge is -2.11. The smallest absolute Gasteiger partial charge is 0.337 e. The van der Waals surface area contributed by atoms with Gasteiger partial charge in [-0.05, 0) is 43.2 Å². The van der Waals surface area contributed by atoms with Crippen molar-refractivity contribution in [1.29, 1.82) is 0 Å². The Kier molecular flexibility index (Phi) is 5.26. The summed E-state index contributed by atoms with van der Waals surface area (Å²) >= 11 is 1.43. The Bertz CT molecular complexity index is 1290. The Morgan fingerprint density at radius 1 is 1.23 bits per heavy atom. The molecule has 0 radical (unpaired) electrons. The number of fused-ring (bicyclic) bond motifs is 1. The molecule has 0 spiro atoms. The zero-order valence-electron chi connectivity index (χ0n) is 16.4. The third-order valence-corrected chi connectivity index (χ3v) is 5.73. The second kappa shape index (κ2) is 7.77. The van der Waals surface area contributed by atoms with Gasteiger partial charge in [0.1, 0.15) is 17.2 Å². The molecule has 0 saturated heterocycles. The zero-order valence-corrected chi connectivity index (χ0v) is 17.2. The number of alkyl halides is 3. The van der Waals surface area contributed by atoms with Crippen LogP contribution >= 0.6 is 11.3 Å². The van der Waals surface area contributed by atoms with Crippen LogP contribution < -0.4 is 5.32 Å². The Hall–Kier alpha value is -3.27. The molecule has 4 rings (SSSR count). The highest BCUT2D eigenvalue weighted by atomic mass is 32.1. The molecule has 5 nitrogen and oxygen atoms in total. The zero-order chi connectivity index (χ0) is 22.3. The molecule has 31 heavy (non-hydrogen) atoms. The monoisotopic (exact) mass is 448 g/mol. The fourth-order valence-electron chi connectivity index (χ4n) is 3.29. The fraction of sp³-hybridized carbons (Fsp3) is 0.190. The van der Waals surface area contributed by atoms with E-state index < -0.39 is 23.5 Å². The predicted molar refractivity (Wildman–Crippen MR) is 111 cm³/mol. The van der Waals surface area contributed by atoms with Crippen molar-refractivity contribution in [2.75, 3.05) is 5.32 Å². The minimum absolute atomic E-state index is 0.115. The Balaban J connectivity index is 1.77. The molecule has 4 aromatic rings. The van der Waals surface area contributed by atoms with Gasteiger partial charge in [0.05, 0.1) is 27.8 Å². The Morgan fingerprint density at radius 2 is 2.00 bits per heavy atom. The van der Waals surface area contributed by atoms with E-state index in [4.69, 9.17) is 0 Å². The second-order valence-electron chi connectivity index (χ2n) is 6.88. The molecule has 0 fully saturated rings. The average Bonchev–Trinajstić information content (AvgIpc) is 3.29. The molecule has 0 unspecified atom stereocenters. The van der Waals surface area contributed by atoms with Crippen molar-refractivity contribution in [1.82, 2.24) is 15.0 Å². The number of hydrogen-bond donors (Lipinski definition) is 2. The molecule has 3 aromatic heterocycles. The summed E-state index contributed by atoms with van der Waals surface area (Å²) < 4.78 is 53.7. The van der Waals surface area contributed by atoms with Crippen LogP contribution in [0.25, 0.3) is 22.4 Å². The average molecular weight is 448 g/mol. The number of pyridine rings is 1. The molecule has 3 heterocycles. The highest BCUT2D eigenvalue weighted by Crippen LogP contribution is 2.37. The molecule has 0 aliphatic rings. The van der Waals surface area contributed by atoms with Crippen LogP contribution in [0.2, 0.25) is 0 Å². The van der Waals surface area contributed by atoms with Gasteiger partial charge in [0, 0.05) is 16.6 Å². The predicted octanol–water partition coefficient (Wildman–Crippen LogP) is 5.97. The van der Waals surface area contributed by atoms with Crippen molar-refractivity contribution in [3.63, 3.8) is 0 Å². The van der Waals surface area contributed by atoms with Crippen LogP contribution in [-0.4, -0.2) is 20.9 Å². The topological polar surface area (TPSA) is 70.7 Å². The maximum absolute atomic E-state index is 13.4. The normalized spacial score (nSPS) is 11.8. The third kappa shape index (κ3) is 4.02. The summed E-state index contributed by atoms with van der Waals surface area (Å²) in [7, 11) is 0. The van der Waals surface area contributed by atoms with Crippen LogP contribution in [0.5, 0.6) is 0 Å². The largest absolute Gasteiger partial charge is 0.417 e. The van der Waals surface area contributed by atoms with Crippen LogP contribution in [0.15, 0.2) is 36.7 Å². The number of rotatable bonds is 4. The van der Waals surface area contributed by atoms with E-state index in [-0.39, 0.29) is 28.0 Å². The van der Waals surface area contributed by atoms with Gasteiger partial charge in [-0.2, -0.15) is 13.2 Å². The number of H-pyrrole nitrogens is 1. The van der Waals surface area contributed by atoms with E-state index in [1.54, 1.807) is 0 Å². The van der Waals surface area contributed by atoms with Crippen molar-refractivity contribution in [2.45, 2.75) is 26.4 Å². The lowest BCUT2D eigenvalue weighted by molar-refractivity contribution is -0.137. The molecule has 1 amide bonds. The quantitative estimate of drug-likeness (QED) is 0.378. The summed E-state index contributed by atoms with van der Waals surface area (Å²) in [5.41, 5.74) is 0.0823. The van der Waals surface area contributed by atoms with Crippen LogP contribution in [0.4, 0.5) is 22.6 Å². The molecular formula is C21H16F4N4OS. The van der Waals surface area contributed by atoms with Gasteiger partial charge in [-0.1, -0.05) is 6.92 Å². The van der Waals surface area contributed by atoms with E-state index in [0.717, 1.165) is 29.0 Å². The summed E-state index contributed by atoms with van der Waals surface area (Å²) in [6.45, 7) is 3.91. The van der Waals surface area contributed by atoms with Gasteiger partial charge in [-0.25, -0.2) is 9.37 Å². The molecular weight excluding hydrogens is 432 g/mol. The molecule has 2 N–H and O–H groups in total. The number of halogens is 4. The first-order valence-corrected chi connectivity index (χ1v) is 10.1. The summed E-state index contributed by atoms with van der Waals surface area (Å²) in [6.07, 6.45) is -1.36.